The maximum absolute atomic E-state index is 12.2. The first-order valence-electron chi connectivity index (χ1n) is 6.37. The lowest BCUT2D eigenvalue weighted by Crippen LogP contribution is -2.28. The highest BCUT2D eigenvalue weighted by Crippen LogP contribution is 2.48. The van der Waals surface area contributed by atoms with E-state index in [0.717, 1.165) is 21.2 Å². The molecule has 3 nitrogen and oxygen atoms in total. The highest BCUT2D eigenvalue weighted by Gasteiger charge is 2.28. The van der Waals surface area contributed by atoms with E-state index in [9.17, 15) is 4.79 Å². The molecule has 102 valence electrons. The lowest BCUT2D eigenvalue weighted by Gasteiger charge is -2.30. The fraction of sp³-hybridized carbons (Fsp3) is 0.188. The first-order valence-corrected chi connectivity index (χ1v) is 7.19. The summed E-state index contributed by atoms with van der Waals surface area (Å²) < 4.78 is 4.94. The summed E-state index contributed by atoms with van der Waals surface area (Å²) >= 11 is 1.69. The number of rotatable bonds is 0. The third kappa shape index (κ3) is 2.06. The van der Waals surface area contributed by atoms with Gasteiger partial charge in [-0.15, -0.1) is 0 Å². The van der Waals surface area contributed by atoms with E-state index in [4.69, 9.17) is 4.74 Å². The number of carbonyl (C=O) groups is 1. The molecule has 3 rings (SSSR count). The minimum atomic E-state index is -0.361. The zero-order valence-electron chi connectivity index (χ0n) is 11.6. The van der Waals surface area contributed by atoms with Gasteiger partial charge in [-0.05, 0) is 49.2 Å². The molecule has 0 fully saturated rings. The maximum Gasteiger partial charge on any atom is 0.418 e. The van der Waals surface area contributed by atoms with Gasteiger partial charge in [-0.25, -0.2) is 9.69 Å². The molecule has 1 aliphatic rings. The molecule has 0 atom stereocenters. The Bertz CT molecular complexity index is 645. The van der Waals surface area contributed by atoms with Crippen LogP contribution in [0.1, 0.15) is 11.1 Å². The second-order valence-electron chi connectivity index (χ2n) is 4.85. The highest BCUT2D eigenvalue weighted by molar-refractivity contribution is 7.99. The summed E-state index contributed by atoms with van der Waals surface area (Å²) in [7, 11) is 1.41. The fourth-order valence-corrected chi connectivity index (χ4v) is 3.57. The number of anilines is 2. The van der Waals surface area contributed by atoms with Gasteiger partial charge in [-0.2, -0.15) is 0 Å². The molecule has 0 unspecified atom stereocenters. The van der Waals surface area contributed by atoms with Gasteiger partial charge in [0.15, 0.2) is 0 Å². The number of methoxy groups -OCH3 is 1. The van der Waals surface area contributed by atoms with E-state index in [1.165, 1.54) is 18.2 Å². The molecule has 0 radical (unpaired) electrons. The molecule has 0 saturated heterocycles. The van der Waals surface area contributed by atoms with Crippen LogP contribution < -0.4 is 4.90 Å². The second kappa shape index (κ2) is 4.87. The molecule has 1 amide bonds. The second-order valence-corrected chi connectivity index (χ2v) is 5.93. The van der Waals surface area contributed by atoms with E-state index < -0.39 is 0 Å². The topological polar surface area (TPSA) is 29.5 Å². The molecule has 20 heavy (non-hydrogen) atoms. The van der Waals surface area contributed by atoms with Crippen molar-refractivity contribution >= 4 is 29.2 Å². The van der Waals surface area contributed by atoms with E-state index in [1.807, 2.05) is 24.3 Å². The molecule has 0 bridgehead atoms. The first kappa shape index (κ1) is 13.1. The molecule has 0 saturated carbocycles. The van der Waals surface area contributed by atoms with Gasteiger partial charge in [0.05, 0.1) is 18.5 Å². The molecule has 2 aromatic carbocycles. The molecule has 0 spiro atoms. The Morgan fingerprint density at radius 3 is 1.95 bits per heavy atom. The van der Waals surface area contributed by atoms with Gasteiger partial charge in [0, 0.05) is 9.79 Å². The zero-order chi connectivity index (χ0) is 14.3. The predicted octanol–water partition coefficient (Wildman–Crippen LogP) is 4.67. The number of carbonyl (C=O) groups excluding carboxylic acids is 1. The molecule has 0 N–H and O–H groups in total. The maximum atomic E-state index is 12.2. The number of nitrogens with zero attached hydrogens (tertiary/aromatic N) is 1. The number of ether oxygens (including phenoxy) is 1. The third-order valence-electron chi connectivity index (χ3n) is 3.29. The minimum absolute atomic E-state index is 0.361. The van der Waals surface area contributed by atoms with Crippen LogP contribution in [0.2, 0.25) is 0 Å². The standard InChI is InChI=1S/C16H15NO2S/c1-10-4-6-12-14(8-10)20-15-9-11(2)5-7-13(15)17(12)16(18)19-3/h4-9H,1-3H3. The van der Waals surface area contributed by atoms with E-state index in [-0.39, 0.29) is 6.09 Å². The van der Waals surface area contributed by atoms with Crippen LogP contribution in [-0.4, -0.2) is 13.2 Å². The van der Waals surface area contributed by atoms with Crippen molar-refractivity contribution in [3.8, 4) is 0 Å². The van der Waals surface area contributed by atoms with Crippen molar-refractivity contribution in [2.75, 3.05) is 12.0 Å². The Morgan fingerprint density at radius 1 is 1.00 bits per heavy atom. The number of fused-ring (bicyclic) bond motifs is 2. The van der Waals surface area contributed by atoms with Crippen LogP contribution in [0.3, 0.4) is 0 Å². The van der Waals surface area contributed by atoms with Crippen molar-refractivity contribution in [1.82, 2.24) is 0 Å². The Balaban J connectivity index is 2.21. The van der Waals surface area contributed by atoms with Gasteiger partial charge < -0.3 is 4.74 Å². The van der Waals surface area contributed by atoms with Crippen molar-refractivity contribution in [2.45, 2.75) is 23.6 Å². The van der Waals surface area contributed by atoms with Crippen molar-refractivity contribution in [3.63, 3.8) is 0 Å². The van der Waals surface area contributed by atoms with Crippen molar-refractivity contribution in [1.29, 1.82) is 0 Å². The summed E-state index contributed by atoms with van der Waals surface area (Å²) in [5, 5.41) is 0. The van der Waals surface area contributed by atoms with Gasteiger partial charge in [0.2, 0.25) is 0 Å². The predicted molar refractivity (Wildman–Crippen MR) is 81.0 cm³/mol. The van der Waals surface area contributed by atoms with Gasteiger partial charge >= 0.3 is 6.09 Å². The molecule has 0 aromatic heterocycles. The van der Waals surface area contributed by atoms with Crippen LogP contribution in [0, 0.1) is 13.8 Å². The van der Waals surface area contributed by atoms with Crippen LogP contribution in [-0.2, 0) is 4.74 Å². The molecule has 1 heterocycles. The lowest BCUT2D eigenvalue weighted by atomic mass is 10.1. The van der Waals surface area contributed by atoms with Gasteiger partial charge in [-0.3, -0.25) is 0 Å². The first-order chi connectivity index (χ1) is 9.60. The number of benzene rings is 2. The smallest absolute Gasteiger partial charge is 0.418 e. The van der Waals surface area contributed by atoms with Gasteiger partial charge in [0.1, 0.15) is 0 Å². The molecule has 2 aromatic rings. The fourth-order valence-electron chi connectivity index (χ4n) is 2.31. The number of aryl methyl sites for hydroxylation is 2. The van der Waals surface area contributed by atoms with Crippen molar-refractivity contribution < 1.29 is 9.53 Å². The Hall–Kier alpha value is -1.94. The van der Waals surface area contributed by atoms with Crippen LogP contribution in [0.25, 0.3) is 0 Å². The Kier molecular flexibility index (Phi) is 3.18. The summed E-state index contributed by atoms with van der Waals surface area (Å²) in [6.07, 6.45) is -0.361. The Morgan fingerprint density at radius 2 is 1.50 bits per heavy atom. The summed E-state index contributed by atoms with van der Waals surface area (Å²) in [5.74, 6) is 0. The molecular formula is C16H15NO2S. The molecular weight excluding hydrogens is 270 g/mol. The van der Waals surface area contributed by atoms with Gasteiger partial charge in [-0.1, -0.05) is 23.9 Å². The van der Waals surface area contributed by atoms with Crippen molar-refractivity contribution in [3.05, 3.63) is 47.5 Å². The largest absolute Gasteiger partial charge is 0.452 e. The van der Waals surface area contributed by atoms with Crippen LogP contribution in [0.5, 0.6) is 0 Å². The average molecular weight is 285 g/mol. The zero-order valence-corrected chi connectivity index (χ0v) is 12.5. The van der Waals surface area contributed by atoms with E-state index in [2.05, 4.69) is 26.0 Å². The molecule has 1 aliphatic heterocycles. The summed E-state index contributed by atoms with van der Waals surface area (Å²) in [4.78, 5) is 16.0. The summed E-state index contributed by atoms with van der Waals surface area (Å²) in [6.45, 7) is 4.10. The number of amides is 1. The average Bonchev–Trinajstić information content (AvgIpc) is 2.43. The SMILES string of the molecule is COC(=O)N1c2ccc(C)cc2Sc2cc(C)ccc21. The van der Waals surface area contributed by atoms with Gasteiger partial charge in [0.25, 0.3) is 0 Å². The Labute approximate surface area is 122 Å². The minimum Gasteiger partial charge on any atom is -0.452 e. The van der Waals surface area contributed by atoms with Crippen LogP contribution in [0.15, 0.2) is 46.2 Å². The van der Waals surface area contributed by atoms with Crippen LogP contribution in [0.4, 0.5) is 16.2 Å². The summed E-state index contributed by atoms with van der Waals surface area (Å²) in [6, 6.07) is 12.2. The number of hydrogen-bond donors (Lipinski definition) is 0. The highest BCUT2D eigenvalue weighted by atomic mass is 32.2. The van der Waals surface area contributed by atoms with Crippen LogP contribution >= 0.6 is 11.8 Å². The van der Waals surface area contributed by atoms with Crippen molar-refractivity contribution in [2.24, 2.45) is 0 Å². The lowest BCUT2D eigenvalue weighted by molar-refractivity contribution is 0.181. The van der Waals surface area contributed by atoms with E-state index in [1.54, 1.807) is 16.7 Å². The van der Waals surface area contributed by atoms with E-state index in [0.29, 0.717) is 0 Å². The molecule has 4 heteroatoms. The van der Waals surface area contributed by atoms with E-state index >= 15 is 0 Å². The monoisotopic (exact) mass is 285 g/mol. The number of hydrogen-bond acceptors (Lipinski definition) is 3. The summed E-state index contributed by atoms with van der Waals surface area (Å²) in [5.41, 5.74) is 4.11. The normalized spacial score (nSPS) is 12.7. The third-order valence-corrected chi connectivity index (χ3v) is 4.38. The molecule has 0 aliphatic carbocycles. The quantitative estimate of drug-likeness (QED) is 0.704.